The van der Waals surface area contributed by atoms with Crippen molar-refractivity contribution in [3.8, 4) is 0 Å². The van der Waals surface area contributed by atoms with Crippen molar-refractivity contribution in [2.24, 2.45) is 23.4 Å². The number of hydrogen-bond acceptors (Lipinski definition) is 3. The van der Waals surface area contributed by atoms with E-state index in [-0.39, 0.29) is 5.91 Å². The van der Waals surface area contributed by atoms with Gasteiger partial charge in [0, 0.05) is 26.0 Å². The fourth-order valence-corrected chi connectivity index (χ4v) is 3.98. The molecule has 5 nitrogen and oxygen atoms in total. The Morgan fingerprint density at radius 3 is 2.87 bits per heavy atom. The highest BCUT2D eigenvalue weighted by Gasteiger charge is 2.44. The number of aryl methyl sites for hydroxylation is 1. The lowest BCUT2D eigenvalue weighted by molar-refractivity contribution is 0.0220. The van der Waals surface area contributed by atoms with Gasteiger partial charge in [0.15, 0.2) is 0 Å². The second-order valence-corrected chi connectivity index (χ2v) is 6.93. The SMILES string of the molecule is C=CN=c1ccc(C(=O)NCC2CC3(CCNCC3)C2)cn1C. The molecule has 5 heteroatoms. The molecule has 0 unspecified atom stereocenters. The van der Waals surface area contributed by atoms with Crippen LogP contribution < -0.4 is 16.1 Å². The molecule has 2 heterocycles. The number of nitrogens with one attached hydrogen (secondary N) is 2. The highest BCUT2D eigenvalue weighted by molar-refractivity contribution is 5.93. The van der Waals surface area contributed by atoms with Gasteiger partial charge in [-0.1, -0.05) is 6.58 Å². The first kappa shape index (κ1) is 16.0. The van der Waals surface area contributed by atoms with Crippen LogP contribution in [0, 0.1) is 11.3 Å². The minimum absolute atomic E-state index is 0.00276. The lowest BCUT2D eigenvalue weighted by Gasteiger charge is -2.50. The van der Waals surface area contributed by atoms with Gasteiger partial charge >= 0.3 is 0 Å². The summed E-state index contributed by atoms with van der Waals surface area (Å²) in [4.78, 5) is 16.4. The molecule has 2 fully saturated rings. The first-order chi connectivity index (χ1) is 11.1. The second-order valence-electron chi connectivity index (χ2n) is 6.93. The van der Waals surface area contributed by atoms with Gasteiger partial charge < -0.3 is 15.2 Å². The molecule has 124 valence electrons. The minimum atomic E-state index is -0.00276. The number of amides is 1. The lowest BCUT2D eigenvalue weighted by Crippen LogP contribution is -2.48. The molecule has 1 aromatic heterocycles. The fraction of sp³-hybridized carbons (Fsp3) is 0.556. The number of aromatic nitrogens is 1. The van der Waals surface area contributed by atoms with E-state index in [1.807, 2.05) is 29.9 Å². The van der Waals surface area contributed by atoms with Crippen LogP contribution in [0.1, 0.15) is 36.0 Å². The molecule has 2 N–H and O–H groups in total. The van der Waals surface area contributed by atoms with Crippen molar-refractivity contribution in [3.63, 3.8) is 0 Å². The van der Waals surface area contributed by atoms with E-state index in [1.165, 1.54) is 31.9 Å². The van der Waals surface area contributed by atoms with Gasteiger partial charge in [-0.2, -0.15) is 0 Å². The highest BCUT2D eigenvalue weighted by Crippen LogP contribution is 2.51. The van der Waals surface area contributed by atoms with Gasteiger partial charge in [-0.3, -0.25) is 4.79 Å². The highest BCUT2D eigenvalue weighted by atomic mass is 16.1. The standard InChI is InChI=1S/C18H26N4O/c1-3-20-16-5-4-15(13-22(16)2)17(23)21-12-14-10-18(11-14)6-8-19-9-7-18/h3-5,13-14,19H,1,6-12H2,2H3,(H,21,23). The molecule has 1 aliphatic carbocycles. The van der Waals surface area contributed by atoms with Crippen LogP contribution in [0.3, 0.4) is 0 Å². The molecule has 1 aliphatic heterocycles. The summed E-state index contributed by atoms with van der Waals surface area (Å²) in [7, 11) is 1.88. The van der Waals surface area contributed by atoms with Crippen LogP contribution in [0.2, 0.25) is 0 Å². The van der Waals surface area contributed by atoms with Crippen molar-refractivity contribution >= 4 is 5.91 Å². The summed E-state index contributed by atoms with van der Waals surface area (Å²) >= 11 is 0. The van der Waals surface area contributed by atoms with Gasteiger partial charge in [-0.15, -0.1) is 0 Å². The van der Waals surface area contributed by atoms with Crippen LogP contribution in [0.25, 0.3) is 0 Å². The molecule has 1 spiro atoms. The van der Waals surface area contributed by atoms with Gasteiger partial charge in [0.25, 0.3) is 5.91 Å². The third-order valence-electron chi connectivity index (χ3n) is 5.25. The number of piperidine rings is 1. The smallest absolute Gasteiger partial charge is 0.252 e. The number of rotatable bonds is 4. The van der Waals surface area contributed by atoms with Gasteiger partial charge in [0.2, 0.25) is 0 Å². The lowest BCUT2D eigenvalue weighted by atomic mass is 9.58. The van der Waals surface area contributed by atoms with E-state index in [2.05, 4.69) is 22.2 Å². The normalized spacial score (nSPS) is 21.0. The Bertz CT molecular complexity index is 647. The average Bonchev–Trinajstić information content (AvgIpc) is 2.53. The molecule has 23 heavy (non-hydrogen) atoms. The molecule has 0 aromatic carbocycles. The summed E-state index contributed by atoms with van der Waals surface area (Å²) in [5.74, 6) is 0.637. The van der Waals surface area contributed by atoms with Crippen molar-refractivity contribution < 1.29 is 4.79 Å². The van der Waals surface area contributed by atoms with Crippen molar-refractivity contribution in [2.45, 2.75) is 25.7 Å². The Balaban J connectivity index is 1.51. The van der Waals surface area contributed by atoms with Crippen LogP contribution >= 0.6 is 0 Å². The molecule has 0 bridgehead atoms. The van der Waals surface area contributed by atoms with Crippen LogP contribution in [-0.4, -0.2) is 30.1 Å². The summed E-state index contributed by atoms with van der Waals surface area (Å²) in [6.07, 6.45) is 8.43. The van der Waals surface area contributed by atoms with E-state index in [0.29, 0.717) is 16.9 Å². The average molecular weight is 314 g/mol. The topological polar surface area (TPSA) is 58.4 Å². The summed E-state index contributed by atoms with van der Waals surface area (Å²) in [5.41, 5.74) is 2.02. The molecular weight excluding hydrogens is 288 g/mol. The maximum Gasteiger partial charge on any atom is 0.252 e. The molecule has 1 aromatic rings. The number of hydrogen-bond donors (Lipinski definition) is 2. The Hall–Kier alpha value is -1.88. The third kappa shape index (κ3) is 3.55. The zero-order valence-electron chi connectivity index (χ0n) is 13.8. The van der Waals surface area contributed by atoms with Crippen LogP contribution in [-0.2, 0) is 7.05 Å². The first-order valence-electron chi connectivity index (χ1n) is 8.42. The molecule has 1 saturated carbocycles. The Kier molecular flexibility index (Phi) is 4.66. The predicted octanol–water partition coefficient (Wildman–Crippen LogP) is 1.58. The molecular formula is C18H26N4O. The monoisotopic (exact) mass is 314 g/mol. The third-order valence-corrected chi connectivity index (χ3v) is 5.25. The largest absolute Gasteiger partial charge is 0.352 e. The van der Waals surface area contributed by atoms with Gasteiger partial charge in [-0.05, 0) is 62.2 Å². The molecule has 2 aliphatic rings. The van der Waals surface area contributed by atoms with E-state index in [0.717, 1.165) is 25.1 Å². The molecule has 3 rings (SSSR count). The van der Waals surface area contributed by atoms with E-state index in [9.17, 15) is 4.79 Å². The van der Waals surface area contributed by atoms with Crippen molar-refractivity contribution in [2.75, 3.05) is 19.6 Å². The molecule has 1 saturated heterocycles. The van der Waals surface area contributed by atoms with Crippen molar-refractivity contribution in [1.82, 2.24) is 15.2 Å². The van der Waals surface area contributed by atoms with Crippen molar-refractivity contribution in [3.05, 3.63) is 42.2 Å². The van der Waals surface area contributed by atoms with Crippen LogP contribution in [0.15, 0.2) is 36.1 Å². The number of nitrogens with zero attached hydrogens (tertiary/aromatic N) is 2. The summed E-state index contributed by atoms with van der Waals surface area (Å²) in [6, 6.07) is 3.65. The quantitative estimate of drug-likeness (QED) is 0.886. The zero-order valence-corrected chi connectivity index (χ0v) is 13.8. The second kappa shape index (κ2) is 6.71. The first-order valence-corrected chi connectivity index (χ1v) is 8.42. The van der Waals surface area contributed by atoms with Crippen LogP contribution in [0.5, 0.6) is 0 Å². The summed E-state index contributed by atoms with van der Waals surface area (Å²) in [5, 5.41) is 6.51. The fourth-order valence-electron chi connectivity index (χ4n) is 3.98. The molecule has 1 amide bonds. The van der Waals surface area contributed by atoms with Gasteiger partial charge in [-0.25, -0.2) is 4.99 Å². The Labute approximate surface area is 137 Å². The maximum absolute atomic E-state index is 12.3. The Morgan fingerprint density at radius 1 is 1.48 bits per heavy atom. The zero-order chi connectivity index (χ0) is 16.3. The number of carbonyl (C=O) groups excluding carboxylic acids is 1. The number of pyridine rings is 1. The summed E-state index contributed by atoms with van der Waals surface area (Å²) in [6.45, 7) is 6.68. The van der Waals surface area contributed by atoms with Gasteiger partial charge in [0.05, 0.1) is 5.56 Å². The van der Waals surface area contributed by atoms with Crippen LogP contribution in [0.4, 0.5) is 0 Å². The van der Waals surface area contributed by atoms with E-state index < -0.39 is 0 Å². The van der Waals surface area contributed by atoms with Crippen molar-refractivity contribution in [1.29, 1.82) is 0 Å². The minimum Gasteiger partial charge on any atom is -0.352 e. The Morgan fingerprint density at radius 2 is 2.22 bits per heavy atom. The van der Waals surface area contributed by atoms with E-state index in [4.69, 9.17) is 0 Å². The summed E-state index contributed by atoms with van der Waals surface area (Å²) < 4.78 is 1.84. The molecule has 0 atom stereocenters. The van der Waals surface area contributed by atoms with E-state index in [1.54, 1.807) is 0 Å². The predicted molar refractivity (Wildman–Crippen MR) is 90.8 cm³/mol. The molecule has 0 radical (unpaired) electrons. The number of carbonyl (C=O) groups is 1. The van der Waals surface area contributed by atoms with E-state index >= 15 is 0 Å². The van der Waals surface area contributed by atoms with Gasteiger partial charge in [0.1, 0.15) is 5.49 Å². The maximum atomic E-state index is 12.3.